The molecule has 1 aromatic heterocycles. The van der Waals surface area contributed by atoms with Gasteiger partial charge in [-0.1, -0.05) is 11.8 Å². The first-order chi connectivity index (χ1) is 19.1. The van der Waals surface area contributed by atoms with Gasteiger partial charge in [-0.05, 0) is 74.5 Å². The van der Waals surface area contributed by atoms with Crippen LogP contribution in [0.2, 0.25) is 0 Å². The fourth-order valence-electron chi connectivity index (χ4n) is 5.34. The van der Waals surface area contributed by atoms with Crippen LogP contribution < -0.4 is 4.74 Å². The van der Waals surface area contributed by atoms with Crippen LogP contribution in [0.3, 0.4) is 0 Å². The Morgan fingerprint density at radius 2 is 1.88 bits per heavy atom. The number of carboxylic acid groups (broad SMARTS) is 1. The van der Waals surface area contributed by atoms with E-state index in [9.17, 15) is 28.2 Å². The number of hydrogen-bond donors (Lipinski definition) is 2. The third kappa shape index (κ3) is 6.72. The minimum atomic E-state index is -1.55. The van der Waals surface area contributed by atoms with Crippen LogP contribution in [-0.2, 0) is 11.4 Å². The van der Waals surface area contributed by atoms with E-state index < -0.39 is 35.0 Å². The van der Waals surface area contributed by atoms with E-state index in [2.05, 4.69) is 16.8 Å². The summed E-state index contributed by atoms with van der Waals surface area (Å²) in [7, 11) is 1.51. The second-order valence-electron chi connectivity index (χ2n) is 10.1. The van der Waals surface area contributed by atoms with Crippen molar-refractivity contribution < 1.29 is 37.3 Å². The Morgan fingerprint density at radius 1 is 1.18 bits per heavy atom. The Hall–Kier alpha value is -3.68. The summed E-state index contributed by atoms with van der Waals surface area (Å²) in [5, 5.41) is 20.0. The van der Waals surface area contributed by atoms with E-state index in [1.165, 1.54) is 13.3 Å². The number of likely N-dealkylation sites (tertiary alicyclic amines) is 1. The van der Waals surface area contributed by atoms with Gasteiger partial charge in [0.2, 0.25) is 0 Å². The van der Waals surface area contributed by atoms with E-state index in [1.807, 2.05) is 4.90 Å². The Morgan fingerprint density at radius 3 is 2.50 bits per heavy atom. The summed E-state index contributed by atoms with van der Waals surface area (Å²) in [5.41, 5.74) is 0.666. The standard InChI is InChI=1S/C30H30F4N2O4/c1-40-21-4-5-26-22(15-21)28(20(18-37)17-35-26)23(31)6-7-30(16-27(38)39)8-11-36(12-9-30)10-2-3-19-13-24(32)29(34)25(33)14-19/h4-5,13-15,17,23,37H,6-12,16,18H2,1H3,(H,38,39)/t23-/m0/s1. The largest absolute Gasteiger partial charge is 0.497 e. The predicted molar refractivity (Wildman–Crippen MR) is 141 cm³/mol. The second kappa shape index (κ2) is 12.7. The number of hydrogen-bond acceptors (Lipinski definition) is 5. The first-order valence-corrected chi connectivity index (χ1v) is 12.9. The van der Waals surface area contributed by atoms with Crippen LogP contribution in [0.25, 0.3) is 10.9 Å². The highest BCUT2D eigenvalue weighted by Crippen LogP contribution is 2.43. The van der Waals surface area contributed by atoms with Gasteiger partial charge in [-0.25, -0.2) is 17.6 Å². The summed E-state index contributed by atoms with van der Waals surface area (Å²) in [6.45, 7) is 0.925. The Balaban J connectivity index is 1.45. The van der Waals surface area contributed by atoms with E-state index in [0.29, 0.717) is 60.1 Å². The molecule has 212 valence electrons. The third-order valence-electron chi connectivity index (χ3n) is 7.57. The molecule has 0 bridgehead atoms. The second-order valence-corrected chi connectivity index (χ2v) is 10.1. The van der Waals surface area contributed by atoms with Crippen molar-refractivity contribution in [2.24, 2.45) is 5.41 Å². The number of aliphatic carboxylic acids is 1. The fourth-order valence-corrected chi connectivity index (χ4v) is 5.34. The normalized spacial score (nSPS) is 15.8. The summed E-state index contributed by atoms with van der Waals surface area (Å²) in [6, 6.07) is 6.79. The molecule has 4 rings (SSSR count). The van der Waals surface area contributed by atoms with Gasteiger partial charge in [0, 0.05) is 28.3 Å². The minimum Gasteiger partial charge on any atom is -0.497 e. The number of halogens is 4. The molecular formula is C30H30F4N2O4. The Labute approximate surface area is 229 Å². The molecular weight excluding hydrogens is 528 g/mol. The van der Waals surface area contributed by atoms with E-state index in [-0.39, 0.29) is 31.6 Å². The summed E-state index contributed by atoms with van der Waals surface area (Å²) in [6.07, 6.45) is 1.30. The van der Waals surface area contributed by atoms with Crippen molar-refractivity contribution in [2.75, 3.05) is 26.7 Å². The first-order valence-electron chi connectivity index (χ1n) is 12.9. The smallest absolute Gasteiger partial charge is 0.303 e. The molecule has 0 saturated carbocycles. The number of pyridine rings is 1. The zero-order chi connectivity index (χ0) is 28.9. The van der Waals surface area contributed by atoms with Gasteiger partial charge in [0.1, 0.15) is 11.9 Å². The van der Waals surface area contributed by atoms with Crippen LogP contribution in [0.1, 0.15) is 55.0 Å². The number of alkyl halides is 1. The maximum absolute atomic E-state index is 15.9. The number of fused-ring (bicyclic) bond motifs is 1. The topological polar surface area (TPSA) is 82.9 Å². The number of ether oxygens (including phenoxy) is 1. The molecule has 1 aliphatic rings. The van der Waals surface area contributed by atoms with Crippen molar-refractivity contribution in [3.8, 4) is 17.6 Å². The van der Waals surface area contributed by atoms with Crippen LogP contribution in [0.5, 0.6) is 5.75 Å². The average molecular weight is 559 g/mol. The van der Waals surface area contributed by atoms with Crippen molar-refractivity contribution in [2.45, 2.75) is 44.9 Å². The van der Waals surface area contributed by atoms with E-state index in [0.717, 1.165) is 12.1 Å². The van der Waals surface area contributed by atoms with Crippen molar-refractivity contribution >= 4 is 16.9 Å². The minimum absolute atomic E-state index is 0.0196. The Kier molecular flexibility index (Phi) is 9.28. The lowest BCUT2D eigenvalue weighted by Crippen LogP contribution is -2.41. The SMILES string of the molecule is COc1ccc2ncc(CO)c([C@@H](F)CCC3(CC(=O)O)CCN(CC#Cc4cc(F)c(F)c(F)c4)CC3)c2c1. The number of rotatable bonds is 9. The molecule has 1 atom stereocenters. The first kappa shape index (κ1) is 29.3. The van der Waals surface area contributed by atoms with Gasteiger partial charge in [0.25, 0.3) is 0 Å². The molecule has 0 aliphatic carbocycles. The van der Waals surface area contributed by atoms with Crippen LogP contribution in [0, 0.1) is 34.7 Å². The molecule has 6 nitrogen and oxygen atoms in total. The number of aromatic nitrogens is 1. The molecule has 0 radical (unpaired) electrons. The molecule has 3 aromatic rings. The third-order valence-corrected chi connectivity index (χ3v) is 7.57. The zero-order valence-electron chi connectivity index (χ0n) is 22.0. The van der Waals surface area contributed by atoms with Gasteiger partial charge in [-0.3, -0.25) is 14.7 Å². The molecule has 2 N–H and O–H groups in total. The van der Waals surface area contributed by atoms with Gasteiger partial charge in [0.15, 0.2) is 17.5 Å². The molecule has 1 aliphatic heterocycles. The predicted octanol–water partition coefficient (Wildman–Crippen LogP) is 5.55. The molecule has 1 saturated heterocycles. The lowest BCUT2D eigenvalue weighted by molar-refractivity contribution is -0.141. The van der Waals surface area contributed by atoms with E-state index in [4.69, 9.17) is 4.74 Å². The molecule has 2 aromatic carbocycles. The molecule has 0 unspecified atom stereocenters. The lowest BCUT2D eigenvalue weighted by atomic mass is 9.71. The summed E-state index contributed by atoms with van der Waals surface area (Å²) < 4.78 is 61.1. The van der Waals surface area contributed by atoms with E-state index in [1.54, 1.807) is 18.2 Å². The number of aliphatic hydroxyl groups is 1. The maximum atomic E-state index is 15.9. The average Bonchev–Trinajstić information content (AvgIpc) is 2.94. The van der Waals surface area contributed by atoms with E-state index >= 15 is 4.39 Å². The van der Waals surface area contributed by atoms with Crippen LogP contribution >= 0.6 is 0 Å². The molecule has 2 heterocycles. The molecule has 40 heavy (non-hydrogen) atoms. The van der Waals surface area contributed by atoms with Crippen LogP contribution in [0.4, 0.5) is 17.6 Å². The zero-order valence-corrected chi connectivity index (χ0v) is 22.0. The quantitative estimate of drug-likeness (QED) is 0.204. The van der Waals surface area contributed by atoms with Crippen molar-refractivity contribution in [3.05, 3.63) is 70.7 Å². The number of benzene rings is 2. The molecule has 1 fully saturated rings. The summed E-state index contributed by atoms with van der Waals surface area (Å²) in [5.74, 6) is 0.869. The summed E-state index contributed by atoms with van der Waals surface area (Å²) in [4.78, 5) is 18.0. The lowest BCUT2D eigenvalue weighted by Gasteiger charge is -2.41. The van der Waals surface area contributed by atoms with Crippen molar-refractivity contribution in [1.82, 2.24) is 9.88 Å². The number of aliphatic hydroxyl groups excluding tert-OH is 1. The van der Waals surface area contributed by atoms with Crippen molar-refractivity contribution in [3.63, 3.8) is 0 Å². The fraction of sp³-hybridized carbons (Fsp3) is 0.400. The highest BCUT2D eigenvalue weighted by atomic mass is 19.2. The molecule has 0 amide bonds. The number of nitrogens with zero attached hydrogens (tertiary/aromatic N) is 2. The van der Waals surface area contributed by atoms with Gasteiger partial charge < -0.3 is 14.9 Å². The number of carbonyl (C=O) groups is 1. The van der Waals surface area contributed by atoms with Crippen LogP contribution in [0.15, 0.2) is 36.5 Å². The van der Waals surface area contributed by atoms with Gasteiger partial charge >= 0.3 is 5.97 Å². The highest BCUT2D eigenvalue weighted by molar-refractivity contribution is 5.85. The number of piperidine rings is 1. The van der Waals surface area contributed by atoms with Gasteiger partial charge in [-0.15, -0.1) is 0 Å². The molecule has 10 heteroatoms. The highest BCUT2D eigenvalue weighted by Gasteiger charge is 2.37. The molecule has 0 spiro atoms. The van der Waals surface area contributed by atoms with Gasteiger partial charge in [0.05, 0.1) is 32.2 Å². The number of carboxylic acids is 1. The number of methoxy groups -OCH3 is 1. The van der Waals surface area contributed by atoms with Gasteiger partial charge in [-0.2, -0.15) is 0 Å². The van der Waals surface area contributed by atoms with Crippen LogP contribution in [-0.4, -0.2) is 52.8 Å². The maximum Gasteiger partial charge on any atom is 0.303 e. The van der Waals surface area contributed by atoms with Crippen molar-refractivity contribution in [1.29, 1.82) is 0 Å². The Bertz CT molecular complexity index is 1420. The summed E-state index contributed by atoms with van der Waals surface area (Å²) >= 11 is 0. The monoisotopic (exact) mass is 558 g/mol.